The Labute approximate surface area is 191 Å². The van der Waals surface area contributed by atoms with Crippen molar-refractivity contribution in [3.63, 3.8) is 0 Å². The number of nitrogens with zero attached hydrogens (tertiary/aromatic N) is 1. The van der Waals surface area contributed by atoms with Crippen LogP contribution in [0.15, 0.2) is 42.5 Å². The number of ether oxygens (including phenoxy) is 1. The van der Waals surface area contributed by atoms with E-state index in [4.69, 9.17) is 16.3 Å². The van der Waals surface area contributed by atoms with Gasteiger partial charge in [0.15, 0.2) is 0 Å². The molecule has 1 heterocycles. The molecule has 3 aromatic rings. The summed E-state index contributed by atoms with van der Waals surface area (Å²) in [5, 5.41) is 4.09. The second-order valence-corrected chi connectivity index (χ2v) is 8.50. The van der Waals surface area contributed by atoms with Gasteiger partial charge in [0.2, 0.25) is 5.91 Å². The third-order valence-electron chi connectivity index (χ3n) is 5.92. The molecular weight excluding hydrogens is 431 g/mol. The summed E-state index contributed by atoms with van der Waals surface area (Å²) in [4.78, 5) is 24.7. The Morgan fingerprint density at radius 2 is 2.03 bits per heavy atom. The molecule has 7 heteroatoms. The first-order chi connectivity index (χ1) is 15.5. The molecule has 0 aliphatic heterocycles. The molecular formula is C25H26ClFN2O3. The molecule has 0 bridgehead atoms. The van der Waals surface area contributed by atoms with Crippen LogP contribution in [0.4, 0.5) is 4.39 Å². The molecule has 1 N–H and O–H groups in total. The number of esters is 1. The standard InChI is InChI=1S/C25H26ClFN2O3/c1-2-32-24(31)15-29-22-10-9-18(28-23(30)11-8-16-6-4-3-5-7-16)14-19(22)20-12-17(27)13-21(26)25(20)29/h3-7,12-13,18H,2,8-11,14-15H2,1H3,(H,28,30). The van der Waals surface area contributed by atoms with Crippen LogP contribution in [0.2, 0.25) is 5.02 Å². The summed E-state index contributed by atoms with van der Waals surface area (Å²) in [6, 6.07) is 12.6. The molecule has 0 radical (unpaired) electrons. The van der Waals surface area contributed by atoms with Gasteiger partial charge in [0.05, 0.1) is 17.1 Å². The summed E-state index contributed by atoms with van der Waals surface area (Å²) in [6.45, 7) is 2.08. The average molecular weight is 457 g/mol. The molecule has 0 saturated carbocycles. The van der Waals surface area contributed by atoms with E-state index < -0.39 is 5.82 Å². The third kappa shape index (κ3) is 4.80. The number of nitrogens with one attached hydrogen (secondary N) is 1. The number of aromatic nitrogens is 1. The van der Waals surface area contributed by atoms with Crippen LogP contribution in [0, 0.1) is 5.82 Å². The number of aryl methyl sites for hydroxylation is 1. The monoisotopic (exact) mass is 456 g/mol. The van der Waals surface area contributed by atoms with Crippen molar-refractivity contribution >= 4 is 34.4 Å². The number of carbonyl (C=O) groups is 2. The van der Waals surface area contributed by atoms with Gasteiger partial charge in [-0.2, -0.15) is 0 Å². The Kier molecular flexibility index (Phi) is 6.80. The largest absolute Gasteiger partial charge is 0.465 e. The second-order valence-electron chi connectivity index (χ2n) is 8.09. The van der Waals surface area contributed by atoms with Crippen LogP contribution in [0.5, 0.6) is 0 Å². The number of hydrogen-bond donors (Lipinski definition) is 1. The summed E-state index contributed by atoms with van der Waals surface area (Å²) < 4.78 is 21.1. The maximum absolute atomic E-state index is 14.2. The molecule has 5 nitrogen and oxygen atoms in total. The number of hydrogen-bond acceptors (Lipinski definition) is 3. The molecule has 1 unspecified atom stereocenters. The van der Waals surface area contributed by atoms with Crippen molar-refractivity contribution in [3.8, 4) is 0 Å². The van der Waals surface area contributed by atoms with Gasteiger partial charge in [-0.05, 0) is 55.9 Å². The molecule has 1 aliphatic carbocycles. The van der Waals surface area contributed by atoms with Crippen molar-refractivity contribution in [2.45, 2.75) is 51.6 Å². The predicted molar refractivity (Wildman–Crippen MR) is 122 cm³/mol. The smallest absolute Gasteiger partial charge is 0.325 e. The minimum Gasteiger partial charge on any atom is -0.465 e. The molecule has 168 valence electrons. The number of benzene rings is 2. The summed E-state index contributed by atoms with van der Waals surface area (Å²) in [6.07, 6.45) is 3.07. The molecule has 1 aromatic heterocycles. The zero-order chi connectivity index (χ0) is 22.7. The number of halogens is 2. The summed E-state index contributed by atoms with van der Waals surface area (Å²) in [5.74, 6) is -0.779. The van der Waals surface area contributed by atoms with E-state index in [0.717, 1.165) is 23.2 Å². The van der Waals surface area contributed by atoms with E-state index in [2.05, 4.69) is 5.32 Å². The lowest BCUT2D eigenvalue weighted by atomic mass is 9.91. The van der Waals surface area contributed by atoms with Crippen LogP contribution in [0.1, 0.15) is 36.6 Å². The number of carbonyl (C=O) groups excluding carboxylic acids is 2. The molecule has 4 rings (SSSR count). The minimum atomic E-state index is -0.424. The van der Waals surface area contributed by atoms with Crippen molar-refractivity contribution in [2.75, 3.05) is 6.61 Å². The van der Waals surface area contributed by atoms with Gasteiger partial charge in [0.25, 0.3) is 0 Å². The third-order valence-corrected chi connectivity index (χ3v) is 6.21. The lowest BCUT2D eigenvalue weighted by molar-refractivity contribution is -0.143. The molecule has 1 aliphatic rings. The number of rotatable bonds is 7. The van der Waals surface area contributed by atoms with Crippen LogP contribution >= 0.6 is 11.6 Å². The van der Waals surface area contributed by atoms with E-state index in [9.17, 15) is 14.0 Å². The Morgan fingerprint density at radius 1 is 1.25 bits per heavy atom. The van der Waals surface area contributed by atoms with Gasteiger partial charge in [-0.15, -0.1) is 0 Å². The highest BCUT2D eigenvalue weighted by Gasteiger charge is 2.28. The fourth-order valence-electron chi connectivity index (χ4n) is 4.53. The van der Waals surface area contributed by atoms with Crippen LogP contribution in [-0.2, 0) is 40.1 Å². The minimum absolute atomic E-state index is 0.00165. The lowest BCUT2D eigenvalue weighted by Gasteiger charge is -2.25. The summed E-state index contributed by atoms with van der Waals surface area (Å²) in [7, 11) is 0. The van der Waals surface area contributed by atoms with Crippen LogP contribution in [0.3, 0.4) is 0 Å². The van der Waals surface area contributed by atoms with E-state index in [0.29, 0.717) is 43.2 Å². The highest BCUT2D eigenvalue weighted by Crippen LogP contribution is 2.36. The van der Waals surface area contributed by atoms with E-state index >= 15 is 0 Å². The highest BCUT2D eigenvalue weighted by atomic mass is 35.5. The molecule has 1 amide bonds. The first-order valence-electron chi connectivity index (χ1n) is 10.9. The SMILES string of the molecule is CCOC(=O)Cn1c2c(c3cc(F)cc(Cl)c31)CC(NC(=O)CCc1ccccc1)CC2. The topological polar surface area (TPSA) is 60.3 Å². The fraction of sp³-hybridized carbons (Fsp3) is 0.360. The Bertz CT molecular complexity index is 1140. The van der Waals surface area contributed by atoms with Gasteiger partial charge in [-0.3, -0.25) is 9.59 Å². The molecule has 32 heavy (non-hydrogen) atoms. The van der Waals surface area contributed by atoms with Crippen molar-refractivity contribution in [3.05, 3.63) is 70.1 Å². The van der Waals surface area contributed by atoms with Crippen molar-refractivity contribution < 1.29 is 18.7 Å². The number of fused-ring (bicyclic) bond motifs is 3. The van der Waals surface area contributed by atoms with Crippen LogP contribution < -0.4 is 5.32 Å². The quantitative estimate of drug-likeness (QED) is 0.528. The van der Waals surface area contributed by atoms with E-state index in [1.54, 1.807) is 6.92 Å². The average Bonchev–Trinajstić information content (AvgIpc) is 3.06. The first-order valence-corrected chi connectivity index (χ1v) is 11.3. The first kappa shape index (κ1) is 22.3. The van der Waals surface area contributed by atoms with Crippen molar-refractivity contribution in [1.29, 1.82) is 0 Å². The zero-order valence-corrected chi connectivity index (χ0v) is 18.8. The maximum Gasteiger partial charge on any atom is 0.325 e. The summed E-state index contributed by atoms with van der Waals surface area (Å²) in [5.41, 5.74) is 3.66. The van der Waals surface area contributed by atoms with Gasteiger partial charge in [0.1, 0.15) is 12.4 Å². The zero-order valence-electron chi connectivity index (χ0n) is 18.0. The van der Waals surface area contributed by atoms with Crippen LogP contribution in [0.25, 0.3) is 10.9 Å². The molecule has 0 spiro atoms. The van der Waals surface area contributed by atoms with Crippen molar-refractivity contribution in [2.24, 2.45) is 0 Å². The Balaban J connectivity index is 1.54. The highest BCUT2D eigenvalue weighted by molar-refractivity contribution is 6.35. The summed E-state index contributed by atoms with van der Waals surface area (Å²) >= 11 is 6.39. The molecule has 1 atom stereocenters. The maximum atomic E-state index is 14.2. The normalized spacial score (nSPS) is 15.4. The van der Waals surface area contributed by atoms with E-state index in [1.165, 1.54) is 12.1 Å². The Hall–Kier alpha value is -2.86. The lowest BCUT2D eigenvalue weighted by Crippen LogP contribution is -2.39. The molecule has 2 aromatic carbocycles. The van der Waals surface area contributed by atoms with E-state index in [-0.39, 0.29) is 29.5 Å². The van der Waals surface area contributed by atoms with E-state index in [1.807, 2.05) is 34.9 Å². The van der Waals surface area contributed by atoms with Gasteiger partial charge in [-0.25, -0.2) is 4.39 Å². The predicted octanol–water partition coefficient (Wildman–Crippen LogP) is 4.60. The van der Waals surface area contributed by atoms with Gasteiger partial charge in [-0.1, -0.05) is 41.9 Å². The van der Waals surface area contributed by atoms with Gasteiger partial charge in [0, 0.05) is 23.5 Å². The van der Waals surface area contributed by atoms with Crippen LogP contribution in [-0.4, -0.2) is 29.1 Å². The fourth-order valence-corrected chi connectivity index (χ4v) is 4.84. The second kappa shape index (κ2) is 9.74. The Morgan fingerprint density at radius 3 is 2.78 bits per heavy atom. The molecule has 0 fully saturated rings. The van der Waals surface area contributed by atoms with Gasteiger partial charge >= 0.3 is 5.97 Å². The number of amides is 1. The van der Waals surface area contributed by atoms with Crippen molar-refractivity contribution in [1.82, 2.24) is 9.88 Å². The molecule has 0 saturated heterocycles. The van der Waals surface area contributed by atoms with Gasteiger partial charge < -0.3 is 14.6 Å².